The minimum absolute atomic E-state index is 0.00319. The molecule has 1 aromatic carbocycles. The van der Waals surface area contributed by atoms with Crippen LogP contribution in [0.5, 0.6) is 0 Å². The Balaban J connectivity index is 2.36. The van der Waals surface area contributed by atoms with Crippen molar-refractivity contribution in [3.8, 4) is 0 Å². The summed E-state index contributed by atoms with van der Waals surface area (Å²) >= 11 is 3.16. The van der Waals surface area contributed by atoms with Gasteiger partial charge in [0, 0.05) is 11.1 Å². The molecule has 0 saturated heterocycles. The van der Waals surface area contributed by atoms with Gasteiger partial charge < -0.3 is 9.73 Å². The van der Waals surface area contributed by atoms with Gasteiger partial charge in [-0.05, 0) is 61.8 Å². The number of nitrogens with one attached hydrogen (secondary N) is 2. The molecule has 0 bridgehead atoms. The molecule has 2 rings (SSSR count). The topological polar surface area (TPSA) is 88.4 Å². The number of hydrogen-bond donors (Lipinski definition) is 2. The van der Waals surface area contributed by atoms with Crippen molar-refractivity contribution in [1.82, 2.24) is 4.72 Å². The molecule has 1 heterocycles. The number of amides is 1. The van der Waals surface area contributed by atoms with Gasteiger partial charge in [-0.15, -0.1) is 0 Å². The number of rotatable bonds is 4. The second kappa shape index (κ2) is 6.70. The van der Waals surface area contributed by atoms with Crippen LogP contribution in [0.4, 0.5) is 5.69 Å². The van der Waals surface area contributed by atoms with Crippen LogP contribution in [0.15, 0.2) is 44.3 Å². The zero-order valence-corrected chi connectivity index (χ0v) is 16.2. The van der Waals surface area contributed by atoms with E-state index >= 15 is 0 Å². The van der Waals surface area contributed by atoms with Crippen molar-refractivity contribution >= 4 is 37.5 Å². The number of benzene rings is 1. The summed E-state index contributed by atoms with van der Waals surface area (Å²) in [5.74, 6) is -0.394. The first-order valence-corrected chi connectivity index (χ1v) is 9.47. The highest BCUT2D eigenvalue weighted by atomic mass is 79.9. The van der Waals surface area contributed by atoms with Gasteiger partial charge in [0.25, 0.3) is 5.91 Å². The average Bonchev–Trinajstić information content (AvgIpc) is 2.75. The smallest absolute Gasteiger partial charge is 0.291 e. The van der Waals surface area contributed by atoms with Crippen LogP contribution in [-0.4, -0.2) is 19.9 Å². The van der Waals surface area contributed by atoms with E-state index < -0.39 is 21.5 Å². The van der Waals surface area contributed by atoms with Gasteiger partial charge in [0.15, 0.2) is 10.4 Å². The lowest BCUT2D eigenvalue weighted by atomic mass is 10.1. The molecular weight excluding hydrogens is 396 g/mol. The normalized spacial score (nSPS) is 12.2. The molecule has 2 aromatic rings. The lowest BCUT2D eigenvalue weighted by Gasteiger charge is -2.21. The van der Waals surface area contributed by atoms with E-state index in [1.54, 1.807) is 45.9 Å². The van der Waals surface area contributed by atoms with Crippen molar-refractivity contribution < 1.29 is 17.6 Å². The fourth-order valence-corrected chi connectivity index (χ4v) is 4.20. The van der Waals surface area contributed by atoms with Crippen LogP contribution in [-0.2, 0) is 10.0 Å². The van der Waals surface area contributed by atoms with Gasteiger partial charge in [-0.25, -0.2) is 13.1 Å². The first-order valence-electron chi connectivity index (χ1n) is 7.20. The Kier molecular flexibility index (Phi) is 5.22. The summed E-state index contributed by atoms with van der Waals surface area (Å²) in [5.41, 5.74) is 0.192. The van der Waals surface area contributed by atoms with Crippen molar-refractivity contribution in [3.63, 3.8) is 0 Å². The van der Waals surface area contributed by atoms with Crippen LogP contribution < -0.4 is 10.0 Å². The van der Waals surface area contributed by atoms with Crippen molar-refractivity contribution in [2.24, 2.45) is 0 Å². The number of anilines is 1. The summed E-state index contributed by atoms with van der Waals surface area (Å²) in [6.45, 7) is 6.97. The maximum atomic E-state index is 12.6. The highest BCUT2D eigenvalue weighted by molar-refractivity contribution is 9.10. The molecular formula is C16H19BrN2O4S. The van der Waals surface area contributed by atoms with Crippen LogP contribution in [0.1, 0.15) is 36.9 Å². The quantitative estimate of drug-likeness (QED) is 0.798. The SMILES string of the molecule is Cc1cc(Br)oc1C(=O)Nc1ccccc1S(=O)(=O)NC(C)(C)C. The van der Waals surface area contributed by atoms with Crippen molar-refractivity contribution in [1.29, 1.82) is 0 Å². The third-order valence-corrected chi connectivity index (χ3v) is 5.17. The van der Waals surface area contributed by atoms with Gasteiger partial charge in [0.2, 0.25) is 10.0 Å². The van der Waals surface area contributed by atoms with Crippen LogP contribution in [0.25, 0.3) is 0 Å². The molecule has 0 fully saturated rings. The minimum Gasteiger partial charge on any atom is -0.444 e. The summed E-state index contributed by atoms with van der Waals surface area (Å²) in [6.07, 6.45) is 0. The molecule has 24 heavy (non-hydrogen) atoms. The number of para-hydroxylation sites is 1. The zero-order chi connectivity index (χ0) is 18.1. The number of aryl methyl sites for hydroxylation is 1. The van der Waals surface area contributed by atoms with E-state index in [0.717, 1.165) is 0 Å². The molecule has 0 spiro atoms. The van der Waals surface area contributed by atoms with E-state index in [-0.39, 0.29) is 16.3 Å². The maximum Gasteiger partial charge on any atom is 0.291 e. The Bertz CT molecular complexity index is 866. The average molecular weight is 415 g/mol. The van der Waals surface area contributed by atoms with Crippen molar-refractivity contribution in [3.05, 3.63) is 46.3 Å². The number of carbonyl (C=O) groups is 1. The molecule has 0 radical (unpaired) electrons. The molecule has 1 amide bonds. The van der Waals surface area contributed by atoms with Gasteiger partial charge in [0.05, 0.1) is 5.69 Å². The first-order chi connectivity index (χ1) is 11.0. The molecule has 0 aliphatic rings. The fraction of sp³-hybridized carbons (Fsp3) is 0.312. The van der Waals surface area contributed by atoms with Crippen LogP contribution in [0.2, 0.25) is 0 Å². The number of carbonyl (C=O) groups excluding carboxylic acids is 1. The van der Waals surface area contributed by atoms with E-state index in [2.05, 4.69) is 26.0 Å². The highest BCUT2D eigenvalue weighted by Gasteiger charge is 2.25. The summed E-state index contributed by atoms with van der Waals surface area (Å²) in [5, 5.41) is 2.60. The standard InChI is InChI=1S/C16H19BrN2O4S/c1-10-9-13(17)23-14(10)15(20)18-11-7-5-6-8-12(11)24(21,22)19-16(2,3)4/h5-9,19H,1-4H3,(H,18,20). The molecule has 0 aliphatic heterocycles. The van der Waals surface area contributed by atoms with E-state index in [4.69, 9.17) is 4.42 Å². The van der Waals surface area contributed by atoms with Gasteiger partial charge in [-0.1, -0.05) is 12.1 Å². The van der Waals surface area contributed by atoms with E-state index in [1.165, 1.54) is 12.1 Å². The summed E-state index contributed by atoms with van der Waals surface area (Å²) < 4.78 is 33.4. The second-order valence-electron chi connectivity index (χ2n) is 6.37. The molecule has 8 heteroatoms. The van der Waals surface area contributed by atoms with Gasteiger partial charge in [0.1, 0.15) is 4.90 Å². The minimum atomic E-state index is -3.79. The Labute approximate surface area is 149 Å². The monoisotopic (exact) mass is 414 g/mol. The number of sulfonamides is 1. The Morgan fingerprint density at radius 3 is 2.38 bits per heavy atom. The predicted octanol–water partition coefficient (Wildman–Crippen LogP) is 3.68. The van der Waals surface area contributed by atoms with E-state index in [0.29, 0.717) is 10.2 Å². The largest absolute Gasteiger partial charge is 0.444 e. The Hall–Kier alpha value is -1.64. The second-order valence-corrected chi connectivity index (χ2v) is 8.80. The van der Waals surface area contributed by atoms with Crippen LogP contribution >= 0.6 is 15.9 Å². The number of halogens is 1. The van der Waals surface area contributed by atoms with Crippen LogP contribution in [0, 0.1) is 6.92 Å². The molecule has 2 N–H and O–H groups in total. The predicted molar refractivity (Wildman–Crippen MR) is 95.6 cm³/mol. The summed E-state index contributed by atoms with van der Waals surface area (Å²) in [6, 6.07) is 7.88. The fourth-order valence-electron chi connectivity index (χ4n) is 2.11. The molecule has 1 aromatic heterocycles. The van der Waals surface area contributed by atoms with Crippen molar-refractivity contribution in [2.45, 2.75) is 38.1 Å². The zero-order valence-electron chi connectivity index (χ0n) is 13.8. The first kappa shape index (κ1) is 18.7. The highest BCUT2D eigenvalue weighted by Crippen LogP contribution is 2.25. The molecule has 0 saturated carbocycles. The maximum absolute atomic E-state index is 12.6. The van der Waals surface area contributed by atoms with E-state index in [1.807, 2.05) is 0 Å². The summed E-state index contributed by atoms with van der Waals surface area (Å²) in [4.78, 5) is 12.4. The van der Waals surface area contributed by atoms with Crippen LogP contribution in [0.3, 0.4) is 0 Å². The lowest BCUT2D eigenvalue weighted by Crippen LogP contribution is -2.40. The third-order valence-electron chi connectivity index (χ3n) is 2.96. The van der Waals surface area contributed by atoms with Gasteiger partial charge >= 0.3 is 0 Å². The third kappa shape index (κ3) is 4.46. The number of furan rings is 1. The van der Waals surface area contributed by atoms with Gasteiger partial charge in [-0.2, -0.15) is 0 Å². The molecule has 130 valence electrons. The molecule has 6 nitrogen and oxygen atoms in total. The Morgan fingerprint density at radius 1 is 1.21 bits per heavy atom. The molecule has 0 atom stereocenters. The van der Waals surface area contributed by atoms with Crippen molar-refractivity contribution in [2.75, 3.05) is 5.32 Å². The Morgan fingerprint density at radius 2 is 1.83 bits per heavy atom. The molecule has 0 aliphatic carbocycles. The van der Waals surface area contributed by atoms with Gasteiger partial charge in [-0.3, -0.25) is 4.79 Å². The van der Waals surface area contributed by atoms with E-state index in [9.17, 15) is 13.2 Å². The number of hydrogen-bond acceptors (Lipinski definition) is 4. The lowest BCUT2D eigenvalue weighted by molar-refractivity contribution is 0.0994. The molecule has 0 unspecified atom stereocenters. The summed E-state index contributed by atoms with van der Waals surface area (Å²) in [7, 11) is -3.79.